The first-order valence-corrected chi connectivity index (χ1v) is 7.23. The van der Waals surface area contributed by atoms with Crippen LogP contribution >= 0.6 is 0 Å². The van der Waals surface area contributed by atoms with Crippen LogP contribution in [-0.4, -0.2) is 38.7 Å². The van der Waals surface area contributed by atoms with E-state index in [-0.39, 0.29) is 17.9 Å². The molecule has 22 heavy (non-hydrogen) atoms. The smallest absolute Gasteiger partial charge is 0.337 e. The van der Waals surface area contributed by atoms with Gasteiger partial charge in [0.1, 0.15) is 5.75 Å². The lowest BCUT2D eigenvalue weighted by atomic mass is 10.1. The van der Waals surface area contributed by atoms with Crippen molar-refractivity contribution in [2.75, 3.05) is 26.0 Å². The number of anilines is 1. The van der Waals surface area contributed by atoms with Gasteiger partial charge in [0.2, 0.25) is 5.91 Å². The normalized spacial score (nSPS) is 11.9. The van der Waals surface area contributed by atoms with Crippen LogP contribution in [0.15, 0.2) is 18.2 Å². The minimum atomic E-state index is -0.463. The van der Waals surface area contributed by atoms with Gasteiger partial charge in [-0.15, -0.1) is 0 Å². The summed E-state index contributed by atoms with van der Waals surface area (Å²) in [5.41, 5.74) is 0.819. The van der Waals surface area contributed by atoms with Gasteiger partial charge in [-0.2, -0.15) is 0 Å². The van der Waals surface area contributed by atoms with Crippen molar-refractivity contribution in [3.05, 3.63) is 23.8 Å². The van der Waals surface area contributed by atoms with Crippen LogP contribution in [0.3, 0.4) is 0 Å². The molecule has 1 atom stereocenters. The van der Waals surface area contributed by atoms with Crippen molar-refractivity contribution in [1.29, 1.82) is 0 Å². The Labute approximate surface area is 131 Å². The molecule has 1 aromatic carbocycles. The largest absolute Gasteiger partial charge is 0.489 e. The minimum absolute atomic E-state index is 0.0469. The van der Waals surface area contributed by atoms with Gasteiger partial charge in [0, 0.05) is 12.5 Å². The summed E-state index contributed by atoms with van der Waals surface area (Å²) in [4.78, 5) is 23.8. The molecule has 0 bridgehead atoms. The van der Waals surface area contributed by atoms with Crippen LogP contribution in [0.25, 0.3) is 0 Å². The quantitative estimate of drug-likeness (QED) is 0.754. The number of nitrogens with one attached hydrogen (secondary N) is 2. The van der Waals surface area contributed by atoms with E-state index in [0.29, 0.717) is 23.5 Å². The molecule has 1 unspecified atom stereocenters. The predicted molar refractivity (Wildman–Crippen MR) is 85.3 cm³/mol. The molecule has 0 spiro atoms. The van der Waals surface area contributed by atoms with Crippen molar-refractivity contribution in [2.45, 2.75) is 26.9 Å². The SMILES string of the molecule is CNCC(C)C(=O)Nc1cc(C(=O)OC)ccc1OC(C)C. The third-order valence-corrected chi connectivity index (χ3v) is 2.98. The summed E-state index contributed by atoms with van der Waals surface area (Å²) in [6.45, 7) is 6.16. The Hall–Kier alpha value is -2.08. The molecule has 0 aliphatic carbocycles. The lowest BCUT2D eigenvalue weighted by molar-refractivity contribution is -0.119. The molecule has 1 aromatic rings. The highest BCUT2D eigenvalue weighted by Crippen LogP contribution is 2.27. The summed E-state index contributed by atoms with van der Waals surface area (Å²) in [6, 6.07) is 4.83. The lowest BCUT2D eigenvalue weighted by Crippen LogP contribution is -2.29. The van der Waals surface area contributed by atoms with Crippen LogP contribution in [0, 0.1) is 5.92 Å². The fourth-order valence-electron chi connectivity index (χ4n) is 1.88. The summed E-state index contributed by atoms with van der Waals surface area (Å²) in [6.07, 6.45) is -0.0469. The number of esters is 1. The van der Waals surface area contributed by atoms with Gasteiger partial charge in [-0.1, -0.05) is 6.92 Å². The van der Waals surface area contributed by atoms with Crippen molar-refractivity contribution in [3.8, 4) is 5.75 Å². The van der Waals surface area contributed by atoms with E-state index in [4.69, 9.17) is 9.47 Å². The first-order chi connectivity index (χ1) is 10.4. The van der Waals surface area contributed by atoms with E-state index in [1.807, 2.05) is 20.8 Å². The fourth-order valence-corrected chi connectivity index (χ4v) is 1.88. The van der Waals surface area contributed by atoms with Crippen LogP contribution in [0.2, 0.25) is 0 Å². The number of methoxy groups -OCH3 is 1. The Morgan fingerprint density at radius 2 is 1.91 bits per heavy atom. The Bertz CT molecular complexity index is 529. The Morgan fingerprint density at radius 3 is 2.45 bits per heavy atom. The van der Waals surface area contributed by atoms with Gasteiger partial charge in [0.15, 0.2) is 0 Å². The highest BCUT2D eigenvalue weighted by molar-refractivity contribution is 5.97. The standard InChI is InChI=1S/C16H24N2O4/c1-10(2)22-14-7-6-12(16(20)21-5)8-13(14)18-15(19)11(3)9-17-4/h6-8,10-11,17H,9H2,1-5H3,(H,18,19). The fraction of sp³-hybridized carbons (Fsp3) is 0.500. The molecule has 2 N–H and O–H groups in total. The van der Waals surface area contributed by atoms with Crippen molar-refractivity contribution in [2.24, 2.45) is 5.92 Å². The van der Waals surface area contributed by atoms with Gasteiger partial charge in [-0.05, 0) is 39.1 Å². The number of ether oxygens (including phenoxy) is 2. The molecular formula is C16H24N2O4. The maximum absolute atomic E-state index is 12.2. The lowest BCUT2D eigenvalue weighted by Gasteiger charge is -2.17. The zero-order valence-corrected chi connectivity index (χ0v) is 13.7. The highest BCUT2D eigenvalue weighted by atomic mass is 16.5. The number of hydrogen-bond donors (Lipinski definition) is 2. The van der Waals surface area contributed by atoms with E-state index in [0.717, 1.165) is 0 Å². The average Bonchev–Trinajstić information content (AvgIpc) is 2.47. The number of hydrogen-bond acceptors (Lipinski definition) is 5. The summed E-state index contributed by atoms with van der Waals surface area (Å²) in [5.74, 6) is -0.300. The summed E-state index contributed by atoms with van der Waals surface area (Å²) in [7, 11) is 3.10. The zero-order valence-electron chi connectivity index (χ0n) is 13.7. The number of benzene rings is 1. The second-order valence-electron chi connectivity index (χ2n) is 5.32. The first-order valence-electron chi connectivity index (χ1n) is 7.23. The van der Waals surface area contributed by atoms with Crippen molar-refractivity contribution in [3.63, 3.8) is 0 Å². The molecule has 0 saturated carbocycles. The Morgan fingerprint density at radius 1 is 1.23 bits per heavy atom. The molecule has 122 valence electrons. The van der Waals surface area contributed by atoms with Crippen LogP contribution in [0.5, 0.6) is 5.75 Å². The molecule has 0 aliphatic rings. The summed E-state index contributed by atoms with van der Waals surface area (Å²) >= 11 is 0. The van der Waals surface area contributed by atoms with Gasteiger partial charge >= 0.3 is 5.97 Å². The number of rotatable bonds is 7. The van der Waals surface area contributed by atoms with E-state index in [9.17, 15) is 9.59 Å². The molecule has 1 amide bonds. The van der Waals surface area contributed by atoms with Crippen LogP contribution in [0.4, 0.5) is 5.69 Å². The maximum Gasteiger partial charge on any atom is 0.337 e. The Balaban J connectivity index is 3.05. The van der Waals surface area contributed by atoms with Gasteiger partial charge in [0.05, 0.1) is 24.5 Å². The van der Waals surface area contributed by atoms with Crippen LogP contribution < -0.4 is 15.4 Å². The molecule has 0 heterocycles. The molecule has 0 aliphatic heterocycles. The topological polar surface area (TPSA) is 76.7 Å². The first kappa shape index (κ1) is 18.0. The second-order valence-corrected chi connectivity index (χ2v) is 5.32. The molecule has 0 radical (unpaired) electrons. The van der Waals surface area contributed by atoms with E-state index < -0.39 is 5.97 Å². The molecule has 0 fully saturated rings. The van der Waals surface area contributed by atoms with Crippen molar-refractivity contribution in [1.82, 2.24) is 5.32 Å². The number of carbonyl (C=O) groups excluding carboxylic acids is 2. The van der Waals surface area contributed by atoms with Gasteiger partial charge in [-0.25, -0.2) is 4.79 Å². The molecule has 1 rings (SSSR count). The number of carbonyl (C=O) groups is 2. The summed E-state index contributed by atoms with van der Waals surface area (Å²) < 4.78 is 10.4. The summed E-state index contributed by atoms with van der Waals surface area (Å²) in [5, 5.41) is 5.76. The molecular weight excluding hydrogens is 284 g/mol. The van der Waals surface area contributed by atoms with Crippen LogP contribution in [-0.2, 0) is 9.53 Å². The molecule has 0 aromatic heterocycles. The van der Waals surface area contributed by atoms with Crippen molar-refractivity contribution >= 4 is 17.6 Å². The third-order valence-electron chi connectivity index (χ3n) is 2.98. The molecule has 0 saturated heterocycles. The monoisotopic (exact) mass is 308 g/mol. The van der Waals surface area contributed by atoms with Crippen LogP contribution in [0.1, 0.15) is 31.1 Å². The van der Waals surface area contributed by atoms with Gasteiger partial charge in [-0.3, -0.25) is 4.79 Å². The molecule has 6 heteroatoms. The zero-order chi connectivity index (χ0) is 16.7. The number of amides is 1. The van der Waals surface area contributed by atoms with E-state index in [2.05, 4.69) is 10.6 Å². The predicted octanol–water partition coefficient (Wildman–Crippen LogP) is 2.05. The van der Waals surface area contributed by atoms with Gasteiger partial charge in [0.25, 0.3) is 0 Å². The Kier molecular flexibility index (Phi) is 6.85. The molecule has 6 nitrogen and oxygen atoms in total. The van der Waals surface area contributed by atoms with Gasteiger partial charge < -0.3 is 20.1 Å². The third kappa shape index (κ3) is 5.04. The highest BCUT2D eigenvalue weighted by Gasteiger charge is 2.17. The minimum Gasteiger partial charge on any atom is -0.489 e. The van der Waals surface area contributed by atoms with Crippen molar-refractivity contribution < 1.29 is 19.1 Å². The van der Waals surface area contributed by atoms with E-state index >= 15 is 0 Å². The van der Waals surface area contributed by atoms with E-state index in [1.54, 1.807) is 25.2 Å². The average molecular weight is 308 g/mol. The maximum atomic E-state index is 12.2. The second kappa shape index (κ2) is 8.38. The van der Waals surface area contributed by atoms with E-state index in [1.165, 1.54) is 7.11 Å².